The zero-order valence-electron chi connectivity index (χ0n) is 35.2. The first kappa shape index (κ1) is 74.7. The highest BCUT2D eigenvalue weighted by Crippen LogP contribution is 3.37. The quantitative estimate of drug-likeness (QED) is 0.156. The number of hydrogen-bond acceptors (Lipinski definition) is 9. The Hall–Kier alpha value is 11.7. The predicted molar refractivity (Wildman–Crippen MR) is 391 cm³/mol. The van der Waals surface area contributed by atoms with E-state index in [9.17, 15) is 0 Å². The SMILES string of the molecule is Brc1ccc(Br)nn1.Brc1ccc(N2CCOCC2)nn1.C1COCCN1.CCN(CC)CC.PPP(P(P)P)P(P(P(P)P)P(P)P)P(P(P(P)P)P(P)P)P(P(P)P)P(P)P. The molecule has 0 aliphatic carbocycles. The Kier molecular flexibility index (Phi) is 54.9. The molecule has 1 N–H and O–H groups in total. The zero-order valence-corrected chi connectivity index (χ0v) is 69.9. The molecule has 0 aromatic carbocycles. The predicted octanol–water partition coefficient (Wildman–Crippen LogP) is 20.7. The molecule has 63 heavy (non-hydrogen) atoms. The Bertz CT molecular complexity index is 1320. The van der Waals surface area contributed by atoms with E-state index >= 15 is 0 Å². The number of nitrogens with zero attached hydrogens (tertiary/aromatic N) is 6. The fraction of sp³-hybridized carbons (Fsp3) is 0.636. The maximum atomic E-state index is 5.25. The van der Waals surface area contributed by atoms with Gasteiger partial charge < -0.3 is 24.6 Å². The highest BCUT2D eigenvalue weighted by atomic mass is 79.9. The summed E-state index contributed by atoms with van der Waals surface area (Å²) in [5.74, 6) is 0.923. The lowest BCUT2D eigenvalue weighted by molar-refractivity contribution is 0.109. The number of morpholine rings is 2. The van der Waals surface area contributed by atoms with Crippen molar-refractivity contribution < 1.29 is 9.47 Å². The lowest BCUT2D eigenvalue weighted by Gasteiger charge is -2.51. The fourth-order valence-electron chi connectivity index (χ4n) is 4.32. The lowest BCUT2D eigenvalue weighted by atomic mass is 10.4. The molecule has 2 aromatic heterocycles. The van der Waals surface area contributed by atoms with Gasteiger partial charge in [0.25, 0.3) is 0 Å². The lowest BCUT2D eigenvalue weighted by Crippen LogP contribution is -2.36. The normalized spacial score (nSPS) is 15.7. The van der Waals surface area contributed by atoms with Crippen molar-refractivity contribution in [2.24, 2.45) is 0 Å². The number of rotatable bonds is 17. The van der Waals surface area contributed by atoms with Crippen LogP contribution in [0, 0.1) is 0 Å². The Morgan fingerprint density at radius 2 is 0.889 bits per heavy atom. The maximum Gasteiger partial charge on any atom is 0.151 e. The van der Waals surface area contributed by atoms with Crippen LogP contribution in [-0.4, -0.2) is 97.5 Å². The van der Waals surface area contributed by atoms with E-state index in [0.717, 1.165) is 80.2 Å². The molecule has 0 amide bonds. The minimum Gasteiger partial charge on any atom is -0.379 e. The highest BCUT2D eigenvalue weighted by molar-refractivity contribution is 9.43. The van der Waals surface area contributed by atoms with Gasteiger partial charge >= 0.3 is 0 Å². The first-order chi connectivity index (χ1) is 29.7. The minimum atomic E-state index is -0.0415. The number of anilines is 1. The monoisotopic (exact) mass is 1600 g/mol. The van der Waals surface area contributed by atoms with Gasteiger partial charge in [-0.25, -0.2) is 0 Å². The first-order valence-electron chi connectivity index (χ1n) is 18.0. The standard InChI is InChI=1S/C8H10BrN3O.C6H15N.C4H2Br2N2.C4H9NO.H31P29/c9-7-1-2-8(11-10-7)12-3-5-13-6-4-12;1-4-7(5-2)6-3;5-3-1-2-4(6)8-7-3;1-3-6-4-2-5-1;1-16-24(17(2)3)28(25(18(4)5)19(6)7)29(26(20(8)9)21(10)11)27(22(12)13)23(14)15/h1-2H,3-6H2;4-6H2,1-3H3;1-2H;5H,1-4H2;16H,1-15H2. The molecule has 18 unspecified atom stereocenters. The summed E-state index contributed by atoms with van der Waals surface area (Å²) in [6, 6.07) is 7.49. The van der Waals surface area contributed by atoms with Gasteiger partial charge in [-0.15, -0.1) is 154 Å². The average molecular weight is 1600 g/mol. The van der Waals surface area contributed by atoms with Crippen LogP contribution in [0.5, 0.6) is 0 Å². The zero-order chi connectivity index (χ0) is 48.2. The number of aromatic nitrogens is 4. The van der Waals surface area contributed by atoms with Crippen LogP contribution in [0.15, 0.2) is 38.1 Å². The molecule has 0 bridgehead atoms. The molecule has 0 radical (unpaired) electrons. The third-order valence-corrected chi connectivity index (χ3v) is 199. The summed E-state index contributed by atoms with van der Waals surface area (Å²) in [7, 11) is 50.2. The van der Waals surface area contributed by atoms with Crippen molar-refractivity contribution >= 4 is 286 Å². The molecule has 2 fully saturated rings. The van der Waals surface area contributed by atoms with E-state index in [1.165, 1.54) is 19.6 Å². The van der Waals surface area contributed by atoms with Crippen molar-refractivity contribution in [3.8, 4) is 0 Å². The second-order valence-electron chi connectivity index (χ2n) is 11.4. The van der Waals surface area contributed by atoms with Gasteiger partial charge in [-0.05, 0) is 183 Å². The number of nitrogens with one attached hydrogen (secondary N) is 1. The largest absolute Gasteiger partial charge is 0.379 e. The van der Waals surface area contributed by atoms with E-state index < -0.39 is 0 Å². The third-order valence-electron chi connectivity index (χ3n) is 7.12. The summed E-state index contributed by atoms with van der Waals surface area (Å²) in [4.78, 5) is 4.54. The molecule has 4 heterocycles. The third kappa shape index (κ3) is 33.9. The molecule has 18 atom stereocenters. The molecule has 2 saturated heterocycles. The number of halogens is 3. The van der Waals surface area contributed by atoms with E-state index in [0.29, 0.717) is 0 Å². The van der Waals surface area contributed by atoms with Crippen LogP contribution in [0.4, 0.5) is 5.82 Å². The van der Waals surface area contributed by atoms with E-state index in [2.05, 4.69) is 238 Å². The molecule has 0 saturated carbocycles. The highest BCUT2D eigenvalue weighted by Gasteiger charge is 2.49. The van der Waals surface area contributed by atoms with Gasteiger partial charge in [-0.3, -0.25) is 0 Å². The summed E-state index contributed by atoms with van der Waals surface area (Å²) < 4.78 is 12.5. The summed E-state index contributed by atoms with van der Waals surface area (Å²) >= 11 is 9.55. The van der Waals surface area contributed by atoms with Crippen LogP contribution in [0.3, 0.4) is 0 Å². The molecular weight excluding hydrogens is 1530 g/mol. The van der Waals surface area contributed by atoms with Crippen molar-refractivity contribution in [3.63, 3.8) is 0 Å². The summed E-state index contributed by atoms with van der Waals surface area (Å²) in [6.07, 6.45) is 0. The molecule has 2 aliphatic heterocycles. The summed E-state index contributed by atoms with van der Waals surface area (Å²) in [5.41, 5.74) is 0. The fourth-order valence-corrected chi connectivity index (χ4v) is 383. The van der Waals surface area contributed by atoms with Gasteiger partial charge in [-0.1, -0.05) is 28.7 Å². The number of ether oxygens (including phenoxy) is 2. The van der Waals surface area contributed by atoms with Gasteiger partial charge in [0, 0.05) is 26.2 Å². The molecule has 2 aliphatic rings. The topological polar surface area (TPSA) is 88.5 Å². The van der Waals surface area contributed by atoms with Crippen molar-refractivity contribution in [1.29, 1.82) is 0 Å². The molecule has 41 heteroatoms. The minimum absolute atomic E-state index is 0.0147. The molecule has 2 aromatic rings. The van der Waals surface area contributed by atoms with Gasteiger partial charge in [0.15, 0.2) is 5.82 Å². The van der Waals surface area contributed by atoms with Crippen LogP contribution in [0.1, 0.15) is 20.8 Å². The van der Waals surface area contributed by atoms with Crippen LogP contribution in [-0.2, 0) is 9.47 Å². The summed E-state index contributed by atoms with van der Waals surface area (Å²) in [5, 5.41) is 18.6. The Balaban J connectivity index is 0.000000906. The van der Waals surface area contributed by atoms with Crippen molar-refractivity contribution in [3.05, 3.63) is 38.1 Å². The van der Waals surface area contributed by atoms with Crippen molar-refractivity contribution in [2.45, 2.75) is 20.8 Å². The van der Waals surface area contributed by atoms with Crippen LogP contribution >= 0.6 is 281 Å². The Labute approximate surface area is 457 Å². The van der Waals surface area contributed by atoms with Crippen molar-refractivity contribution in [2.75, 3.05) is 77.1 Å². The summed E-state index contributed by atoms with van der Waals surface area (Å²) in [6.45, 7) is 17.5. The van der Waals surface area contributed by atoms with E-state index in [4.69, 9.17) is 9.47 Å². The molecule has 0 spiro atoms. The van der Waals surface area contributed by atoms with Gasteiger partial charge in [0.05, 0.1) is 26.4 Å². The van der Waals surface area contributed by atoms with Gasteiger partial charge in [0.2, 0.25) is 0 Å². The van der Waals surface area contributed by atoms with Crippen LogP contribution in [0.2, 0.25) is 0 Å². The van der Waals surface area contributed by atoms with E-state index in [1.807, 2.05) is 24.3 Å². The molecular formula is C22H67Br3N7O2P29. The van der Waals surface area contributed by atoms with Crippen LogP contribution < -0.4 is 10.2 Å². The smallest absolute Gasteiger partial charge is 0.151 e. The van der Waals surface area contributed by atoms with E-state index in [-0.39, 0.29) is 90.8 Å². The Morgan fingerprint density at radius 1 is 0.540 bits per heavy atom. The number of hydrogen-bond donors (Lipinski definition) is 1. The first-order valence-corrected chi connectivity index (χ1v) is 72.6. The average Bonchev–Trinajstić information content (AvgIpc) is 3.23. The van der Waals surface area contributed by atoms with E-state index in [1.54, 1.807) is 0 Å². The van der Waals surface area contributed by atoms with Crippen LogP contribution in [0.25, 0.3) is 0 Å². The second-order valence-corrected chi connectivity index (χ2v) is 129. The molecule has 9 nitrogen and oxygen atoms in total. The van der Waals surface area contributed by atoms with Gasteiger partial charge in [0.1, 0.15) is 13.8 Å². The molecule has 368 valence electrons. The Morgan fingerprint density at radius 3 is 1.13 bits per heavy atom. The van der Waals surface area contributed by atoms with Crippen molar-refractivity contribution in [1.82, 2.24) is 30.6 Å². The van der Waals surface area contributed by atoms with Gasteiger partial charge in [-0.2, -0.15) is 0 Å². The second kappa shape index (κ2) is 46.3. The maximum absolute atomic E-state index is 5.25. The molecule has 4 rings (SSSR count).